The molecule has 0 aliphatic carbocycles. The first-order valence-corrected chi connectivity index (χ1v) is 10.7. The second-order valence-corrected chi connectivity index (χ2v) is 9.18. The van der Waals surface area contributed by atoms with Crippen LogP contribution in [0.2, 0.25) is 0 Å². The second kappa shape index (κ2) is 6.42. The summed E-state index contributed by atoms with van der Waals surface area (Å²) in [4.78, 5) is 0.445. The third-order valence-corrected chi connectivity index (χ3v) is 7.89. The van der Waals surface area contributed by atoms with Gasteiger partial charge in [-0.1, -0.05) is 12.1 Å². The van der Waals surface area contributed by atoms with Gasteiger partial charge in [0.05, 0.1) is 10.9 Å². The van der Waals surface area contributed by atoms with Gasteiger partial charge < -0.3 is 0 Å². The van der Waals surface area contributed by atoms with Crippen LogP contribution in [0.15, 0.2) is 35.4 Å². The van der Waals surface area contributed by atoms with E-state index >= 15 is 0 Å². The van der Waals surface area contributed by atoms with Gasteiger partial charge in [0.15, 0.2) is 11.5 Å². The van der Waals surface area contributed by atoms with Crippen LogP contribution in [0.5, 0.6) is 0 Å². The van der Waals surface area contributed by atoms with Crippen LogP contribution < -0.4 is 0 Å². The monoisotopic (exact) mass is 384 g/mol. The fraction of sp³-hybridized carbons (Fsp3) is 0.400. The van der Waals surface area contributed by atoms with Crippen molar-refractivity contribution in [1.82, 2.24) is 18.9 Å². The van der Waals surface area contributed by atoms with Gasteiger partial charge in [0.2, 0.25) is 10.0 Å². The van der Waals surface area contributed by atoms with E-state index in [4.69, 9.17) is 0 Å². The molecule has 2 aromatic heterocycles. The zero-order chi connectivity index (χ0) is 19.3. The quantitative estimate of drug-likeness (QED) is 0.693. The molecule has 0 radical (unpaired) electrons. The van der Waals surface area contributed by atoms with E-state index in [0.29, 0.717) is 17.3 Å². The zero-order valence-electron chi connectivity index (χ0n) is 16.1. The number of benzene rings is 1. The van der Waals surface area contributed by atoms with E-state index in [-0.39, 0.29) is 6.04 Å². The minimum atomic E-state index is -3.64. The summed E-state index contributed by atoms with van der Waals surface area (Å²) in [6.07, 6.45) is 3.45. The van der Waals surface area contributed by atoms with Crippen LogP contribution in [0.3, 0.4) is 0 Å². The van der Waals surface area contributed by atoms with Gasteiger partial charge in [-0.25, -0.2) is 8.42 Å². The number of fused-ring (bicyclic) bond motifs is 1. The molecule has 0 spiro atoms. The highest BCUT2D eigenvalue weighted by molar-refractivity contribution is 7.89. The van der Waals surface area contributed by atoms with Crippen LogP contribution in [0.1, 0.15) is 47.0 Å². The number of rotatable bonds is 3. The third kappa shape index (κ3) is 2.76. The molecule has 142 valence electrons. The molecule has 3 heterocycles. The van der Waals surface area contributed by atoms with Gasteiger partial charge in [0.25, 0.3) is 0 Å². The van der Waals surface area contributed by atoms with E-state index in [1.54, 1.807) is 4.31 Å². The van der Waals surface area contributed by atoms with Gasteiger partial charge in [0, 0.05) is 12.7 Å². The second-order valence-electron chi connectivity index (χ2n) is 7.35. The maximum atomic E-state index is 13.7. The molecule has 3 aromatic rings. The smallest absolute Gasteiger partial charge is 0.244 e. The van der Waals surface area contributed by atoms with Crippen molar-refractivity contribution in [2.24, 2.45) is 0 Å². The Morgan fingerprint density at radius 2 is 1.74 bits per heavy atom. The van der Waals surface area contributed by atoms with E-state index in [1.807, 2.05) is 56.5 Å². The molecule has 1 saturated heterocycles. The first kappa shape index (κ1) is 18.1. The van der Waals surface area contributed by atoms with Crippen LogP contribution in [-0.2, 0) is 10.0 Å². The van der Waals surface area contributed by atoms with Crippen LogP contribution in [0.4, 0.5) is 0 Å². The fourth-order valence-corrected chi connectivity index (χ4v) is 6.29. The molecule has 1 aliphatic rings. The van der Waals surface area contributed by atoms with Crippen LogP contribution in [0.25, 0.3) is 5.65 Å². The third-order valence-electron chi connectivity index (χ3n) is 5.71. The highest BCUT2D eigenvalue weighted by Gasteiger charge is 2.40. The molecule has 6 nitrogen and oxygen atoms in total. The molecule has 4 rings (SSSR count). The Morgan fingerprint density at radius 1 is 1.04 bits per heavy atom. The number of nitrogens with zero attached hydrogens (tertiary/aromatic N) is 4. The normalized spacial score (nSPS) is 18.4. The predicted octanol–water partition coefficient (Wildman–Crippen LogP) is 3.49. The zero-order valence-corrected chi connectivity index (χ0v) is 16.9. The Hall–Kier alpha value is -2.25. The molecule has 1 aromatic carbocycles. The number of sulfonamides is 1. The van der Waals surface area contributed by atoms with Crippen molar-refractivity contribution in [2.75, 3.05) is 6.54 Å². The molecule has 1 fully saturated rings. The SMILES string of the molecule is Cc1cc(C)c(C)c(S(=O)(=O)N2CCC[C@@H]2c2nnc3ccccn23)c1C. The van der Waals surface area contributed by atoms with Crippen molar-refractivity contribution in [3.63, 3.8) is 0 Å². The van der Waals surface area contributed by atoms with Crippen molar-refractivity contribution in [3.05, 3.63) is 58.5 Å². The highest BCUT2D eigenvalue weighted by Crippen LogP contribution is 2.38. The van der Waals surface area contributed by atoms with Gasteiger partial charge in [-0.05, 0) is 74.9 Å². The summed E-state index contributed by atoms with van der Waals surface area (Å²) >= 11 is 0. The Bertz CT molecular complexity index is 1110. The molecule has 0 N–H and O–H groups in total. The molecule has 1 aliphatic heterocycles. The van der Waals surface area contributed by atoms with Crippen LogP contribution >= 0.6 is 0 Å². The van der Waals surface area contributed by atoms with E-state index in [0.717, 1.165) is 40.7 Å². The Labute approximate surface area is 159 Å². The summed E-state index contributed by atoms with van der Waals surface area (Å²) in [6.45, 7) is 8.22. The van der Waals surface area contributed by atoms with Crippen molar-refractivity contribution in [1.29, 1.82) is 0 Å². The molecule has 7 heteroatoms. The molecule has 27 heavy (non-hydrogen) atoms. The lowest BCUT2D eigenvalue weighted by atomic mass is 10.0. The summed E-state index contributed by atoms with van der Waals surface area (Å²) in [6, 6.07) is 7.44. The Kier molecular flexibility index (Phi) is 4.31. The molecule has 0 saturated carbocycles. The number of hydrogen-bond acceptors (Lipinski definition) is 4. The lowest BCUT2D eigenvalue weighted by molar-refractivity contribution is 0.381. The Balaban J connectivity index is 1.85. The van der Waals surface area contributed by atoms with E-state index in [1.165, 1.54) is 0 Å². The first-order chi connectivity index (χ1) is 12.8. The van der Waals surface area contributed by atoms with Crippen molar-refractivity contribution < 1.29 is 8.42 Å². The van der Waals surface area contributed by atoms with E-state index in [9.17, 15) is 8.42 Å². The van der Waals surface area contributed by atoms with Gasteiger partial charge in [-0.2, -0.15) is 4.31 Å². The maximum Gasteiger partial charge on any atom is 0.244 e. The topological polar surface area (TPSA) is 67.6 Å². The molecular formula is C20H24N4O2S. The molecule has 1 atom stereocenters. The number of pyridine rings is 1. The molecule has 0 bridgehead atoms. The largest absolute Gasteiger partial charge is 0.285 e. The fourth-order valence-electron chi connectivity index (χ4n) is 4.06. The van der Waals surface area contributed by atoms with Crippen molar-refractivity contribution in [3.8, 4) is 0 Å². The number of aryl methyl sites for hydroxylation is 2. The van der Waals surface area contributed by atoms with E-state index in [2.05, 4.69) is 16.3 Å². The van der Waals surface area contributed by atoms with Crippen LogP contribution in [-0.4, -0.2) is 33.9 Å². The first-order valence-electron chi connectivity index (χ1n) is 9.21. The van der Waals surface area contributed by atoms with Crippen LogP contribution in [0, 0.1) is 27.7 Å². The highest BCUT2D eigenvalue weighted by atomic mass is 32.2. The minimum absolute atomic E-state index is 0.299. The summed E-state index contributed by atoms with van der Waals surface area (Å²) in [5.41, 5.74) is 4.39. The van der Waals surface area contributed by atoms with E-state index < -0.39 is 10.0 Å². The average Bonchev–Trinajstić information content (AvgIpc) is 3.26. The lowest BCUT2D eigenvalue weighted by Crippen LogP contribution is -2.33. The lowest BCUT2D eigenvalue weighted by Gasteiger charge is -2.26. The number of aromatic nitrogens is 3. The van der Waals surface area contributed by atoms with Gasteiger partial charge in [-0.15, -0.1) is 10.2 Å². The van der Waals surface area contributed by atoms with Gasteiger partial charge >= 0.3 is 0 Å². The van der Waals surface area contributed by atoms with Gasteiger partial charge in [-0.3, -0.25) is 4.40 Å². The Morgan fingerprint density at radius 3 is 2.44 bits per heavy atom. The van der Waals surface area contributed by atoms with Crippen molar-refractivity contribution in [2.45, 2.75) is 51.5 Å². The molecule has 0 amide bonds. The summed E-state index contributed by atoms with van der Waals surface area (Å²) in [5.74, 6) is 0.686. The minimum Gasteiger partial charge on any atom is -0.285 e. The predicted molar refractivity (Wildman–Crippen MR) is 104 cm³/mol. The maximum absolute atomic E-state index is 13.7. The molecule has 0 unspecified atom stereocenters. The van der Waals surface area contributed by atoms with Crippen molar-refractivity contribution >= 4 is 15.7 Å². The average molecular weight is 385 g/mol. The summed E-state index contributed by atoms with van der Waals surface area (Å²) in [5, 5.41) is 8.53. The van der Waals surface area contributed by atoms with Gasteiger partial charge in [0.1, 0.15) is 0 Å². The molecular weight excluding hydrogens is 360 g/mol. The standard InChI is InChI=1S/C20H24N4O2S/c1-13-12-14(2)16(4)19(15(13)3)27(25,26)24-11-7-8-17(24)20-22-21-18-9-5-6-10-23(18)20/h5-6,9-10,12,17H,7-8,11H2,1-4H3/t17-/m1/s1. The summed E-state index contributed by atoms with van der Waals surface area (Å²) in [7, 11) is -3.64. The number of hydrogen-bond donors (Lipinski definition) is 0. The summed E-state index contributed by atoms with van der Waals surface area (Å²) < 4.78 is 30.9.